The van der Waals surface area contributed by atoms with Crippen LogP contribution in [-0.4, -0.2) is 49.6 Å². The number of nitrogens with zero attached hydrogens (tertiary/aromatic N) is 7. The second-order valence-electron chi connectivity index (χ2n) is 9.09. The lowest BCUT2D eigenvalue weighted by atomic mass is 10.0. The Balaban J connectivity index is 1.31. The first-order valence-corrected chi connectivity index (χ1v) is 12.4. The number of aromatic nitrogens is 6. The normalized spacial score (nSPS) is 14.4. The molecular weight excluding hydrogens is 436 g/mol. The van der Waals surface area contributed by atoms with Crippen LogP contribution in [0.5, 0.6) is 0 Å². The van der Waals surface area contributed by atoms with Crippen LogP contribution in [0.15, 0.2) is 49.4 Å². The standard InChI is InChI=1S/C27H32N8/c1-5-20-15-30-27(31-16-20)34-11-9-22(10-12-34)35-26-17-29-24(14-25(26)32-33-35)21-7-8-23(18(3)13-21)19(4)28-6-2/h7-8,13-17,22,28H,4-6,9-12H2,1-3H3. The van der Waals surface area contributed by atoms with Gasteiger partial charge in [-0.1, -0.05) is 30.8 Å². The molecule has 0 amide bonds. The van der Waals surface area contributed by atoms with Gasteiger partial charge in [0.25, 0.3) is 0 Å². The fraction of sp³-hybridized carbons (Fsp3) is 0.370. The van der Waals surface area contributed by atoms with E-state index in [9.17, 15) is 0 Å². The van der Waals surface area contributed by atoms with Crippen LogP contribution in [0.4, 0.5) is 5.95 Å². The topological polar surface area (TPSA) is 84.7 Å². The van der Waals surface area contributed by atoms with Crippen molar-refractivity contribution in [3.8, 4) is 11.3 Å². The number of fused-ring (bicyclic) bond motifs is 1. The van der Waals surface area contributed by atoms with Crippen molar-refractivity contribution in [1.82, 2.24) is 35.3 Å². The van der Waals surface area contributed by atoms with E-state index < -0.39 is 0 Å². The summed E-state index contributed by atoms with van der Waals surface area (Å²) >= 11 is 0. The third kappa shape index (κ3) is 4.60. The Labute approximate surface area is 206 Å². The number of rotatable bonds is 7. The molecule has 1 saturated heterocycles. The minimum Gasteiger partial charge on any atom is -0.385 e. The summed E-state index contributed by atoms with van der Waals surface area (Å²) < 4.78 is 2.04. The number of hydrogen-bond acceptors (Lipinski definition) is 7. The largest absolute Gasteiger partial charge is 0.385 e. The third-order valence-corrected chi connectivity index (χ3v) is 6.79. The van der Waals surface area contributed by atoms with Crippen molar-refractivity contribution in [3.05, 3.63) is 66.1 Å². The monoisotopic (exact) mass is 468 g/mol. The van der Waals surface area contributed by atoms with Crippen molar-refractivity contribution in [2.24, 2.45) is 0 Å². The number of nitrogens with one attached hydrogen (secondary N) is 1. The van der Waals surface area contributed by atoms with Crippen LogP contribution in [-0.2, 0) is 6.42 Å². The Hall–Kier alpha value is -3.81. The highest BCUT2D eigenvalue weighted by Gasteiger charge is 2.24. The van der Waals surface area contributed by atoms with Gasteiger partial charge in [0.2, 0.25) is 5.95 Å². The molecule has 1 aromatic carbocycles. The first kappa shape index (κ1) is 23.0. The second-order valence-corrected chi connectivity index (χ2v) is 9.09. The fourth-order valence-electron chi connectivity index (χ4n) is 4.74. The Bertz CT molecular complexity index is 1330. The van der Waals surface area contributed by atoms with E-state index in [1.807, 2.05) is 29.3 Å². The molecule has 4 aromatic rings. The van der Waals surface area contributed by atoms with Crippen molar-refractivity contribution in [2.45, 2.75) is 46.1 Å². The number of piperidine rings is 1. The molecular formula is C27H32N8. The third-order valence-electron chi connectivity index (χ3n) is 6.79. The van der Waals surface area contributed by atoms with Gasteiger partial charge in [-0.15, -0.1) is 5.10 Å². The lowest BCUT2D eigenvalue weighted by molar-refractivity contribution is 0.366. The number of aryl methyl sites for hydroxylation is 2. The number of pyridine rings is 1. The number of benzene rings is 1. The fourth-order valence-corrected chi connectivity index (χ4v) is 4.74. The minimum absolute atomic E-state index is 0.289. The predicted molar refractivity (Wildman–Crippen MR) is 140 cm³/mol. The summed E-state index contributed by atoms with van der Waals surface area (Å²) in [5.74, 6) is 0.811. The molecule has 1 aliphatic heterocycles. The molecule has 5 rings (SSSR count). The summed E-state index contributed by atoms with van der Waals surface area (Å²) in [6, 6.07) is 8.67. The molecule has 3 aromatic heterocycles. The van der Waals surface area contributed by atoms with Crippen LogP contribution in [0.1, 0.15) is 49.4 Å². The van der Waals surface area contributed by atoms with Gasteiger partial charge >= 0.3 is 0 Å². The summed E-state index contributed by atoms with van der Waals surface area (Å²) in [5, 5.41) is 12.3. The van der Waals surface area contributed by atoms with Gasteiger partial charge in [-0.05, 0) is 61.9 Å². The van der Waals surface area contributed by atoms with Crippen LogP contribution in [0.3, 0.4) is 0 Å². The van der Waals surface area contributed by atoms with Gasteiger partial charge in [0, 0.05) is 43.3 Å². The van der Waals surface area contributed by atoms with E-state index in [1.54, 1.807) is 0 Å². The van der Waals surface area contributed by atoms with Crippen LogP contribution in [0, 0.1) is 6.92 Å². The minimum atomic E-state index is 0.289. The lowest BCUT2D eigenvalue weighted by Crippen LogP contribution is -2.36. The Morgan fingerprint density at radius 3 is 2.51 bits per heavy atom. The first-order chi connectivity index (χ1) is 17.1. The van der Waals surface area contributed by atoms with Crippen molar-refractivity contribution in [2.75, 3.05) is 24.5 Å². The van der Waals surface area contributed by atoms with Gasteiger partial charge in [-0.2, -0.15) is 0 Å². The molecule has 0 aliphatic carbocycles. The Morgan fingerprint density at radius 1 is 1.06 bits per heavy atom. The average molecular weight is 469 g/mol. The SMILES string of the molecule is C=C(NCC)c1ccc(-c2cc3nnn(C4CCN(c5ncc(CC)cn5)CC4)c3cn2)cc1C. The van der Waals surface area contributed by atoms with Gasteiger partial charge in [0.05, 0.1) is 17.9 Å². The molecule has 0 saturated carbocycles. The van der Waals surface area contributed by atoms with E-state index in [0.29, 0.717) is 0 Å². The molecule has 1 N–H and O–H groups in total. The lowest BCUT2D eigenvalue weighted by Gasteiger charge is -2.32. The smallest absolute Gasteiger partial charge is 0.225 e. The van der Waals surface area contributed by atoms with E-state index in [4.69, 9.17) is 4.98 Å². The molecule has 0 spiro atoms. The van der Waals surface area contributed by atoms with Crippen molar-refractivity contribution < 1.29 is 0 Å². The molecule has 0 atom stereocenters. The molecule has 0 unspecified atom stereocenters. The van der Waals surface area contributed by atoms with Gasteiger partial charge in [-0.3, -0.25) is 4.98 Å². The maximum Gasteiger partial charge on any atom is 0.225 e. The highest BCUT2D eigenvalue weighted by molar-refractivity contribution is 5.79. The van der Waals surface area contributed by atoms with Crippen LogP contribution >= 0.6 is 0 Å². The maximum atomic E-state index is 4.77. The van der Waals surface area contributed by atoms with Crippen molar-refractivity contribution >= 4 is 22.7 Å². The summed E-state index contributed by atoms with van der Waals surface area (Å²) in [6.07, 6.45) is 8.65. The number of anilines is 1. The molecule has 1 fully saturated rings. The zero-order valence-electron chi connectivity index (χ0n) is 20.7. The molecule has 4 heterocycles. The summed E-state index contributed by atoms with van der Waals surface area (Å²) in [5.41, 5.74) is 8.21. The van der Waals surface area contributed by atoms with Crippen LogP contribution in [0.2, 0.25) is 0 Å². The average Bonchev–Trinajstić information content (AvgIpc) is 3.32. The molecule has 180 valence electrons. The molecule has 0 bridgehead atoms. The zero-order chi connectivity index (χ0) is 24.4. The van der Waals surface area contributed by atoms with Gasteiger partial charge in [0.15, 0.2) is 0 Å². The second kappa shape index (κ2) is 9.82. The predicted octanol–water partition coefficient (Wildman–Crippen LogP) is 4.58. The number of hydrogen-bond donors (Lipinski definition) is 1. The quantitative estimate of drug-likeness (QED) is 0.425. The highest BCUT2D eigenvalue weighted by Crippen LogP contribution is 2.29. The Morgan fingerprint density at radius 2 is 1.83 bits per heavy atom. The molecule has 8 heteroatoms. The summed E-state index contributed by atoms with van der Waals surface area (Å²) in [6.45, 7) is 13.1. The molecule has 8 nitrogen and oxygen atoms in total. The van der Waals surface area contributed by atoms with Crippen molar-refractivity contribution in [1.29, 1.82) is 0 Å². The van der Waals surface area contributed by atoms with Gasteiger partial charge < -0.3 is 10.2 Å². The summed E-state index contributed by atoms with van der Waals surface area (Å²) in [7, 11) is 0. The Kier molecular flexibility index (Phi) is 6.44. The van der Waals surface area contributed by atoms with Gasteiger partial charge in [0.1, 0.15) is 11.0 Å². The van der Waals surface area contributed by atoms with Crippen molar-refractivity contribution in [3.63, 3.8) is 0 Å². The van der Waals surface area contributed by atoms with E-state index in [-0.39, 0.29) is 6.04 Å². The van der Waals surface area contributed by atoms with Crippen LogP contribution in [0.25, 0.3) is 28.0 Å². The summed E-state index contributed by atoms with van der Waals surface area (Å²) in [4.78, 5) is 16.1. The van der Waals surface area contributed by atoms with E-state index in [2.05, 4.69) is 76.0 Å². The van der Waals surface area contributed by atoms with E-state index in [0.717, 1.165) is 84.0 Å². The molecule has 1 aliphatic rings. The van der Waals surface area contributed by atoms with Crippen LogP contribution < -0.4 is 10.2 Å². The first-order valence-electron chi connectivity index (χ1n) is 12.4. The maximum absolute atomic E-state index is 4.77. The van der Waals surface area contributed by atoms with E-state index in [1.165, 1.54) is 5.56 Å². The highest BCUT2D eigenvalue weighted by atomic mass is 15.4. The molecule has 0 radical (unpaired) electrons. The van der Waals surface area contributed by atoms with E-state index >= 15 is 0 Å². The van der Waals surface area contributed by atoms with Gasteiger partial charge in [-0.25, -0.2) is 14.6 Å². The zero-order valence-corrected chi connectivity index (χ0v) is 20.7. The molecule has 35 heavy (non-hydrogen) atoms.